The highest BCUT2D eigenvalue weighted by Crippen LogP contribution is 2.52. The van der Waals surface area contributed by atoms with Gasteiger partial charge < -0.3 is 4.57 Å². The molecule has 0 saturated carbocycles. The minimum Gasteiger partial charge on any atom is -0.309 e. The molecule has 1 aliphatic rings. The zero-order valence-corrected chi connectivity index (χ0v) is 29.1. The van der Waals surface area contributed by atoms with Crippen LogP contribution in [0.1, 0.15) is 25.0 Å². The normalized spacial score (nSPS) is 13.0. The van der Waals surface area contributed by atoms with Crippen molar-refractivity contribution < 1.29 is 0 Å². The van der Waals surface area contributed by atoms with Crippen molar-refractivity contribution in [2.24, 2.45) is 0 Å². The van der Waals surface area contributed by atoms with E-state index in [1.165, 1.54) is 55.2 Å². The van der Waals surface area contributed by atoms with Gasteiger partial charge in [0.25, 0.3) is 0 Å². The first-order chi connectivity index (χ1) is 25.6. The van der Waals surface area contributed by atoms with Gasteiger partial charge in [0.15, 0.2) is 5.82 Å². The number of rotatable bonds is 4. The fraction of sp³-hybridized carbons (Fsp3) is 0.0612. The Labute approximate surface area is 303 Å². The third-order valence-corrected chi connectivity index (χ3v) is 10.8. The van der Waals surface area contributed by atoms with Gasteiger partial charge in [-0.1, -0.05) is 153 Å². The number of hydrogen-bond donors (Lipinski definition) is 0. The van der Waals surface area contributed by atoms with Crippen LogP contribution in [0.2, 0.25) is 0 Å². The van der Waals surface area contributed by atoms with Crippen LogP contribution >= 0.6 is 0 Å². The Morgan fingerprint density at radius 2 is 1.00 bits per heavy atom. The first-order valence-corrected chi connectivity index (χ1v) is 17.9. The molecule has 0 atom stereocenters. The lowest BCUT2D eigenvalue weighted by Gasteiger charge is -2.28. The molecule has 1 aliphatic carbocycles. The highest BCUT2D eigenvalue weighted by atomic mass is 15.0. The van der Waals surface area contributed by atoms with Crippen molar-refractivity contribution in [2.45, 2.75) is 19.3 Å². The Hall–Kier alpha value is -6.58. The molecule has 0 fully saturated rings. The fourth-order valence-electron chi connectivity index (χ4n) is 8.33. The van der Waals surface area contributed by atoms with Crippen LogP contribution in [0.4, 0.5) is 0 Å². The van der Waals surface area contributed by atoms with E-state index in [1.54, 1.807) is 0 Å². The van der Waals surface area contributed by atoms with Gasteiger partial charge in [-0.3, -0.25) is 0 Å². The predicted molar refractivity (Wildman–Crippen MR) is 216 cm³/mol. The van der Waals surface area contributed by atoms with Gasteiger partial charge in [-0.2, -0.15) is 0 Å². The van der Waals surface area contributed by atoms with Crippen molar-refractivity contribution in [1.82, 2.24) is 14.5 Å². The SMILES string of the molecule is CC1(C)c2ccccc2-c2ccc3c4ccccc4n(-c4ccc(-c5nc(-c6ccccc6)cc(-c6ccccc6)n5)cc4)c3c2-c2ccccc21. The Bertz CT molecular complexity index is 2740. The highest BCUT2D eigenvalue weighted by Gasteiger charge is 2.34. The summed E-state index contributed by atoms with van der Waals surface area (Å²) >= 11 is 0. The predicted octanol–water partition coefficient (Wildman–Crippen LogP) is 12.5. The quantitative estimate of drug-likeness (QED) is 0.187. The molecule has 2 aromatic heterocycles. The second-order valence-corrected chi connectivity index (χ2v) is 14.2. The van der Waals surface area contributed by atoms with Crippen LogP contribution in [-0.4, -0.2) is 14.5 Å². The Morgan fingerprint density at radius 1 is 0.442 bits per heavy atom. The van der Waals surface area contributed by atoms with Gasteiger partial charge >= 0.3 is 0 Å². The van der Waals surface area contributed by atoms with Crippen molar-refractivity contribution >= 4 is 21.8 Å². The summed E-state index contributed by atoms with van der Waals surface area (Å²) in [4.78, 5) is 10.2. The molecule has 52 heavy (non-hydrogen) atoms. The lowest BCUT2D eigenvalue weighted by atomic mass is 9.75. The summed E-state index contributed by atoms with van der Waals surface area (Å²) in [5, 5.41) is 2.49. The van der Waals surface area contributed by atoms with E-state index in [0.29, 0.717) is 5.82 Å². The molecule has 0 saturated heterocycles. The van der Waals surface area contributed by atoms with Gasteiger partial charge in [-0.25, -0.2) is 9.97 Å². The van der Waals surface area contributed by atoms with E-state index >= 15 is 0 Å². The molecule has 0 unspecified atom stereocenters. The van der Waals surface area contributed by atoms with Gasteiger partial charge in [0.05, 0.1) is 22.4 Å². The summed E-state index contributed by atoms with van der Waals surface area (Å²) in [7, 11) is 0. The zero-order valence-electron chi connectivity index (χ0n) is 29.1. The molecule has 2 heterocycles. The molecule has 0 N–H and O–H groups in total. The van der Waals surface area contributed by atoms with E-state index in [-0.39, 0.29) is 5.41 Å². The zero-order chi connectivity index (χ0) is 34.8. The standard InChI is InChI=1S/C49H35N3/c1-49(2)41-22-12-9-19-36(41)38-29-30-39-37-20-11-14-24-45(37)52(47(39)46(38)40-21-10-13-23-42(40)49)35-27-25-34(26-28-35)48-50-43(32-15-5-3-6-16-32)31-44(51-48)33-17-7-4-8-18-33/h3-31H,1-2H3. The maximum absolute atomic E-state index is 5.10. The average molecular weight is 666 g/mol. The minimum absolute atomic E-state index is 0.177. The summed E-state index contributed by atoms with van der Waals surface area (Å²) in [6, 6.07) is 63.0. The topological polar surface area (TPSA) is 30.7 Å². The molecule has 7 aromatic carbocycles. The van der Waals surface area contributed by atoms with E-state index in [0.717, 1.165) is 33.8 Å². The minimum atomic E-state index is -0.177. The summed E-state index contributed by atoms with van der Waals surface area (Å²) < 4.78 is 2.46. The average Bonchev–Trinajstić information content (AvgIpc) is 3.51. The lowest BCUT2D eigenvalue weighted by molar-refractivity contribution is 0.646. The molecule has 3 heteroatoms. The maximum atomic E-state index is 5.10. The molecule has 0 aliphatic heterocycles. The maximum Gasteiger partial charge on any atom is 0.160 e. The Balaban J connectivity index is 1.21. The molecule has 0 radical (unpaired) electrons. The van der Waals surface area contributed by atoms with Gasteiger partial charge in [-0.05, 0) is 64.2 Å². The third kappa shape index (κ3) is 4.66. The van der Waals surface area contributed by atoms with Gasteiger partial charge in [0.1, 0.15) is 0 Å². The number of benzene rings is 7. The van der Waals surface area contributed by atoms with Crippen molar-refractivity contribution in [3.8, 4) is 61.8 Å². The van der Waals surface area contributed by atoms with Crippen molar-refractivity contribution in [1.29, 1.82) is 0 Å². The highest BCUT2D eigenvalue weighted by molar-refractivity contribution is 6.17. The van der Waals surface area contributed by atoms with Crippen LogP contribution in [0, 0.1) is 0 Å². The van der Waals surface area contributed by atoms with Crippen LogP contribution in [0.5, 0.6) is 0 Å². The number of nitrogens with zero attached hydrogens (tertiary/aromatic N) is 3. The summed E-state index contributed by atoms with van der Waals surface area (Å²) in [5.74, 6) is 0.704. The second-order valence-electron chi connectivity index (χ2n) is 14.2. The van der Waals surface area contributed by atoms with E-state index in [9.17, 15) is 0 Å². The molecule has 0 bridgehead atoms. The van der Waals surface area contributed by atoms with Gasteiger partial charge in [0.2, 0.25) is 0 Å². The van der Waals surface area contributed by atoms with Crippen LogP contribution in [0.15, 0.2) is 176 Å². The lowest BCUT2D eigenvalue weighted by Crippen LogP contribution is -2.19. The van der Waals surface area contributed by atoms with Crippen molar-refractivity contribution in [2.75, 3.05) is 0 Å². The molecular weight excluding hydrogens is 631 g/mol. The largest absolute Gasteiger partial charge is 0.309 e. The first kappa shape index (κ1) is 30.3. The number of fused-ring (bicyclic) bond motifs is 9. The van der Waals surface area contributed by atoms with Crippen LogP contribution < -0.4 is 0 Å². The summed E-state index contributed by atoms with van der Waals surface area (Å²) in [6.07, 6.45) is 0. The van der Waals surface area contributed by atoms with E-state index in [4.69, 9.17) is 9.97 Å². The van der Waals surface area contributed by atoms with Crippen LogP contribution in [-0.2, 0) is 5.41 Å². The molecule has 0 spiro atoms. The number of aromatic nitrogens is 3. The smallest absolute Gasteiger partial charge is 0.160 e. The molecular formula is C49H35N3. The fourth-order valence-corrected chi connectivity index (χ4v) is 8.33. The first-order valence-electron chi connectivity index (χ1n) is 17.9. The number of para-hydroxylation sites is 1. The van der Waals surface area contributed by atoms with Gasteiger partial charge in [-0.15, -0.1) is 0 Å². The summed E-state index contributed by atoms with van der Waals surface area (Å²) in [5.41, 5.74) is 16.0. The van der Waals surface area contributed by atoms with Crippen molar-refractivity contribution in [3.05, 3.63) is 187 Å². The van der Waals surface area contributed by atoms with Crippen LogP contribution in [0.25, 0.3) is 83.6 Å². The monoisotopic (exact) mass is 665 g/mol. The molecule has 10 rings (SSSR count). The van der Waals surface area contributed by atoms with Gasteiger partial charge in [0, 0.05) is 44.1 Å². The number of hydrogen-bond acceptors (Lipinski definition) is 2. The van der Waals surface area contributed by atoms with Crippen LogP contribution in [0.3, 0.4) is 0 Å². The molecule has 9 aromatic rings. The Morgan fingerprint density at radius 3 is 1.67 bits per heavy atom. The second kappa shape index (κ2) is 11.8. The molecule has 3 nitrogen and oxygen atoms in total. The molecule has 0 amide bonds. The molecule has 246 valence electrons. The van der Waals surface area contributed by atoms with Crippen molar-refractivity contribution in [3.63, 3.8) is 0 Å². The summed E-state index contributed by atoms with van der Waals surface area (Å²) in [6.45, 7) is 4.72. The van der Waals surface area contributed by atoms with E-state index < -0.39 is 0 Å². The third-order valence-electron chi connectivity index (χ3n) is 10.8. The Kier molecular flexibility index (Phi) is 6.84. The van der Waals surface area contributed by atoms with E-state index in [2.05, 4.69) is 182 Å². The van der Waals surface area contributed by atoms with E-state index in [1.807, 2.05) is 12.1 Å².